The normalized spacial score (nSPS) is 11.2. The molecule has 0 bridgehead atoms. The number of nitrogens with one attached hydrogen (secondary N) is 1. The van der Waals surface area contributed by atoms with Gasteiger partial charge in [-0.2, -0.15) is 0 Å². The Morgan fingerprint density at radius 3 is 2.62 bits per heavy atom. The average molecular weight is 369 g/mol. The summed E-state index contributed by atoms with van der Waals surface area (Å²) in [7, 11) is -3.35. The molecule has 0 atom stereocenters. The van der Waals surface area contributed by atoms with Crippen molar-refractivity contribution in [1.82, 2.24) is 4.98 Å². The van der Waals surface area contributed by atoms with Gasteiger partial charge in [-0.1, -0.05) is 6.07 Å². The molecule has 1 amide bonds. The number of aromatic nitrogens is 1. The highest BCUT2D eigenvalue weighted by Gasteiger charge is 2.12. The molecule has 0 saturated heterocycles. The minimum Gasteiger partial charge on any atom is -0.307 e. The number of nitrogens with zero attached hydrogens (tertiary/aromatic N) is 1. The predicted octanol–water partition coefficient (Wildman–Crippen LogP) is 2.81. The van der Waals surface area contributed by atoms with Gasteiger partial charge in [-0.25, -0.2) is 13.4 Å². The van der Waals surface area contributed by atoms with Crippen LogP contribution in [0.3, 0.4) is 0 Å². The summed E-state index contributed by atoms with van der Waals surface area (Å²) >= 11 is 3.33. The number of sulfone groups is 1. The summed E-state index contributed by atoms with van der Waals surface area (Å²) in [6.45, 7) is 1.88. The van der Waals surface area contributed by atoms with E-state index in [1.165, 1.54) is 18.2 Å². The van der Waals surface area contributed by atoms with Gasteiger partial charge in [0.2, 0.25) is 0 Å². The van der Waals surface area contributed by atoms with Crippen molar-refractivity contribution in [2.24, 2.45) is 0 Å². The third kappa shape index (κ3) is 3.89. The molecule has 2 aromatic rings. The molecule has 0 unspecified atom stereocenters. The van der Waals surface area contributed by atoms with Gasteiger partial charge < -0.3 is 5.32 Å². The molecule has 0 fully saturated rings. The molecule has 0 aliphatic rings. The van der Waals surface area contributed by atoms with Gasteiger partial charge >= 0.3 is 0 Å². The van der Waals surface area contributed by atoms with E-state index < -0.39 is 15.7 Å². The van der Waals surface area contributed by atoms with Gasteiger partial charge in [0.15, 0.2) is 9.84 Å². The summed E-state index contributed by atoms with van der Waals surface area (Å²) in [6.07, 6.45) is 2.70. The number of halogens is 1. The molecule has 0 saturated carbocycles. The molecule has 7 heteroatoms. The quantitative estimate of drug-likeness (QED) is 0.903. The van der Waals surface area contributed by atoms with Crippen molar-refractivity contribution < 1.29 is 13.2 Å². The molecule has 1 aromatic carbocycles. The van der Waals surface area contributed by atoms with E-state index >= 15 is 0 Å². The summed E-state index contributed by atoms with van der Waals surface area (Å²) in [4.78, 5) is 16.3. The fraction of sp³-hybridized carbons (Fsp3) is 0.143. The van der Waals surface area contributed by atoms with Gasteiger partial charge in [0.05, 0.1) is 4.90 Å². The van der Waals surface area contributed by atoms with Crippen molar-refractivity contribution in [1.29, 1.82) is 0 Å². The van der Waals surface area contributed by atoms with Gasteiger partial charge in [0.1, 0.15) is 5.82 Å². The zero-order valence-electron chi connectivity index (χ0n) is 11.4. The van der Waals surface area contributed by atoms with Crippen molar-refractivity contribution in [3.63, 3.8) is 0 Å². The number of carbonyl (C=O) groups excluding carboxylic acids is 1. The van der Waals surface area contributed by atoms with E-state index in [2.05, 4.69) is 26.2 Å². The van der Waals surface area contributed by atoms with E-state index in [9.17, 15) is 13.2 Å². The van der Waals surface area contributed by atoms with Crippen LogP contribution < -0.4 is 5.32 Å². The number of aryl methyl sites for hydroxylation is 1. The molecule has 1 N–H and O–H groups in total. The van der Waals surface area contributed by atoms with Crippen LogP contribution in [-0.4, -0.2) is 25.6 Å². The Kier molecular flexibility index (Phi) is 4.43. The van der Waals surface area contributed by atoms with Crippen molar-refractivity contribution in [3.8, 4) is 0 Å². The van der Waals surface area contributed by atoms with Crippen LogP contribution in [0.2, 0.25) is 0 Å². The highest BCUT2D eigenvalue weighted by Crippen LogP contribution is 2.18. The predicted molar refractivity (Wildman–Crippen MR) is 84.2 cm³/mol. The number of hydrogen-bond donors (Lipinski definition) is 1. The molecular formula is C14H13BrN2O3S. The van der Waals surface area contributed by atoms with Crippen LogP contribution in [0.1, 0.15) is 15.9 Å². The molecule has 5 nitrogen and oxygen atoms in total. The molecule has 1 aromatic heterocycles. The second-order valence-corrected chi connectivity index (χ2v) is 7.44. The maximum Gasteiger partial charge on any atom is 0.256 e. The fourth-order valence-corrected chi connectivity index (χ4v) is 2.55. The van der Waals surface area contributed by atoms with E-state index in [4.69, 9.17) is 0 Å². The number of anilines is 1. The van der Waals surface area contributed by atoms with Crippen LogP contribution in [0.15, 0.2) is 45.9 Å². The second kappa shape index (κ2) is 5.95. The van der Waals surface area contributed by atoms with Gasteiger partial charge in [-0.3, -0.25) is 4.79 Å². The first-order chi connectivity index (χ1) is 9.77. The lowest BCUT2D eigenvalue weighted by Gasteiger charge is -2.07. The average Bonchev–Trinajstić information content (AvgIpc) is 2.42. The monoisotopic (exact) mass is 368 g/mol. The highest BCUT2D eigenvalue weighted by atomic mass is 79.9. The highest BCUT2D eigenvalue weighted by molar-refractivity contribution is 9.10. The Balaban J connectivity index is 2.26. The first-order valence-corrected chi connectivity index (χ1v) is 8.69. The number of hydrogen-bond acceptors (Lipinski definition) is 4. The Morgan fingerprint density at radius 2 is 2.00 bits per heavy atom. The summed E-state index contributed by atoms with van der Waals surface area (Å²) in [5.74, 6) is 0.000168. The first kappa shape index (κ1) is 15.7. The molecule has 0 radical (unpaired) electrons. The molecule has 0 spiro atoms. The molecule has 21 heavy (non-hydrogen) atoms. The third-order valence-electron chi connectivity index (χ3n) is 2.81. The number of pyridine rings is 1. The van der Waals surface area contributed by atoms with E-state index in [0.29, 0.717) is 5.82 Å². The van der Waals surface area contributed by atoms with Crippen LogP contribution in [0.25, 0.3) is 0 Å². The Bertz CT molecular complexity index is 804. The van der Waals surface area contributed by atoms with Crippen LogP contribution >= 0.6 is 15.9 Å². The van der Waals surface area contributed by atoms with Gasteiger partial charge in [0, 0.05) is 22.5 Å². The number of benzene rings is 1. The van der Waals surface area contributed by atoms with Crippen LogP contribution in [0, 0.1) is 6.92 Å². The molecular weight excluding hydrogens is 356 g/mol. The minimum atomic E-state index is -3.35. The summed E-state index contributed by atoms with van der Waals surface area (Å²) in [6, 6.07) is 7.61. The number of rotatable bonds is 3. The van der Waals surface area contributed by atoms with Gasteiger partial charge in [-0.15, -0.1) is 0 Å². The zero-order chi connectivity index (χ0) is 15.6. The maximum atomic E-state index is 12.1. The number of carbonyl (C=O) groups is 1. The lowest BCUT2D eigenvalue weighted by molar-refractivity contribution is 0.102. The first-order valence-electron chi connectivity index (χ1n) is 6.01. The Hall–Kier alpha value is -1.73. The summed E-state index contributed by atoms with van der Waals surface area (Å²) in [5, 5.41) is 2.64. The molecule has 110 valence electrons. The standard InChI is InChI=1S/C14H13BrN2O3S/c1-9-6-13(16-8-12(9)15)17-14(18)10-4-3-5-11(7-10)21(2,19)20/h3-8H,1-2H3,(H,16,17,18). The van der Waals surface area contributed by atoms with Crippen LogP contribution in [0.4, 0.5) is 5.82 Å². The Labute approximate surface area is 131 Å². The summed E-state index contributed by atoms with van der Waals surface area (Å²) < 4.78 is 23.8. The lowest BCUT2D eigenvalue weighted by Crippen LogP contribution is -2.13. The SMILES string of the molecule is Cc1cc(NC(=O)c2cccc(S(C)(=O)=O)c2)ncc1Br. The molecule has 0 aliphatic carbocycles. The smallest absolute Gasteiger partial charge is 0.256 e. The van der Waals surface area contributed by atoms with E-state index in [0.717, 1.165) is 16.3 Å². The number of amides is 1. The van der Waals surface area contributed by atoms with E-state index in [1.54, 1.807) is 18.3 Å². The zero-order valence-corrected chi connectivity index (χ0v) is 13.8. The minimum absolute atomic E-state index is 0.107. The van der Waals surface area contributed by atoms with E-state index in [-0.39, 0.29) is 10.5 Å². The Morgan fingerprint density at radius 1 is 1.29 bits per heavy atom. The van der Waals surface area contributed by atoms with Crippen molar-refractivity contribution in [3.05, 3.63) is 52.1 Å². The maximum absolute atomic E-state index is 12.1. The molecule has 2 rings (SSSR count). The van der Waals surface area contributed by atoms with E-state index in [1.807, 2.05) is 6.92 Å². The van der Waals surface area contributed by atoms with Crippen LogP contribution in [-0.2, 0) is 9.84 Å². The molecule has 1 heterocycles. The van der Waals surface area contributed by atoms with Crippen molar-refractivity contribution in [2.45, 2.75) is 11.8 Å². The van der Waals surface area contributed by atoms with Gasteiger partial charge in [0.25, 0.3) is 5.91 Å². The second-order valence-electron chi connectivity index (χ2n) is 4.57. The molecule has 0 aliphatic heterocycles. The lowest BCUT2D eigenvalue weighted by atomic mass is 10.2. The largest absolute Gasteiger partial charge is 0.307 e. The third-order valence-corrected chi connectivity index (χ3v) is 4.75. The van der Waals surface area contributed by atoms with Crippen molar-refractivity contribution >= 4 is 37.5 Å². The van der Waals surface area contributed by atoms with Gasteiger partial charge in [-0.05, 0) is 52.7 Å². The van der Waals surface area contributed by atoms with Crippen molar-refractivity contribution in [2.75, 3.05) is 11.6 Å². The fourth-order valence-electron chi connectivity index (χ4n) is 1.66. The van der Waals surface area contributed by atoms with Crippen LogP contribution in [0.5, 0.6) is 0 Å². The summed E-state index contributed by atoms with van der Waals surface area (Å²) in [5.41, 5.74) is 1.20. The topological polar surface area (TPSA) is 76.1 Å².